The summed E-state index contributed by atoms with van der Waals surface area (Å²) < 4.78 is 1.96. The van der Waals surface area contributed by atoms with Gasteiger partial charge in [0.2, 0.25) is 5.91 Å². The fraction of sp³-hybridized carbons (Fsp3) is 0.241. The highest BCUT2D eigenvalue weighted by atomic mass is 32.2. The van der Waals surface area contributed by atoms with Crippen molar-refractivity contribution in [3.63, 3.8) is 0 Å². The third-order valence-corrected chi connectivity index (χ3v) is 7.96. The van der Waals surface area contributed by atoms with Crippen LogP contribution < -0.4 is 4.90 Å². The Balaban J connectivity index is 1.26. The molecule has 0 bridgehead atoms. The maximum absolute atomic E-state index is 13.1. The van der Waals surface area contributed by atoms with Crippen LogP contribution in [0.15, 0.2) is 65.6 Å². The van der Waals surface area contributed by atoms with E-state index in [4.69, 9.17) is 5.11 Å². The molecule has 2 aliphatic heterocycles. The number of amides is 3. The first-order valence-corrected chi connectivity index (χ1v) is 13.4. The van der Waals surface area contributed by atoms with Crippen molar-refractivity contribution in [2.24, 2.45) is 0 Å². The Labute approximate surface area is 230 Å². The van der Waals surface area contributed by atoms with Crippen molar-refractivity contribution < 1.29 is 24.3 Å². The number of carbonyl (C=O) groups excluding carboxylic acids is 3. The van der Waals surface area contributed by atoms with Crippen molar-refractivity contribution in [1.82, 2.24) is 14.4 Å². The Morgan fingerprint density at radius 3 is 2.23 bits per heavy atom. The van der Waals surface area contributed by atoms with Crippen LogP contribution in [0.3, 0.4) is 0 Å². The number of para-hydroxylation sites is 1. The van der Waals surface area contributed by atoms with Crippen molar-refractivity contribution in [3.05, 3.63) is 88.1 Å². The third-order valence-electron chi connectivity index (χ3n) is 7.05. The summed E-state index contributed by atoms with van der Waals surface area (Å²) in [6, 6.07) is 18.5. The molecule has 200 valence electrons. The van der Waals surface area contributed by atoms with E-state index in [0.717, 1.165) is 45.0 Å². The number of aromatic carboxylic acids is 1. The number of carbonyl (C=O) groups is 4. The smallest absolute Gasteiger partial charge is 0.335 e. The molecule has 0 spiro atoms. The second kappa shape index (κ2) is 10.8. The van der Waals surface area contributed by atoms with Crippen molar-refractivity contribution in [1.29, 1.82) is 0 Å². The van der Waals surface area contributed by atoms with E-state index in [1.54, 1.807) is 35.2 Å². The van der Waals surface area contributed by atoms with E-state index in [9.17, 15) is 19.2 Å². The number of piperazine rings is 1. The SMILES string of the molecule is Cc1cc(/C=C2/SC(=O)N(CC(=O)N3CCN(c4ccccc4)CC3)C2=O)c(C)n1-c1ccc(C(=O)O)cc1. The summed E-state index contributed by atoms with van der Waals surface area (Å²) in [7, 11) is 0. The van der Waals surface area contributed by atoms with Gasteiger partial charge in [-0.25, -0.2) is 4.79 Å². The van der Waals surface area contributed by atoms with Gasteiger partial charge in [0, 0.05) is 48.9 Å². The van der Waals surface area contributed by atoms with Crippen LogP contribution in [0.25, 0.3) is 11.8 Å². The fourth-order valence-corrected chi connectivity index (χ4v) is 5.78. The number of imide groups is 1. The molecule has 0 unspecified atom stereocenters. The zero-order valence-corrected chi connectivity index (χ0v) is 22.5. The molecule has 0 aliphatic carbocycles. The zero-order chi connectivity index (χ0) is 27.7. The van der Waals surface area contributed by atoms with Gasteiger partial charge in [0.25, 0.3) is 11.1 Å². The van der Waals surface area contributed by atoms with Gasteiger partial charge in [-0.15, -0.1) is 0 Å². The van der Waals surface area contributed by atoms with Gasteiger partial charge in [-0.2, -0.15) is 0 Å². The first kappa shape index (κ1) is 26.3. The molecule has 2 aromatic carbocycles. The molecule has 9 nitrogen and oxygen atoms in total. The van der Waals surface area contributed by atoms with Crippen molar-refractivity contribution in [3.8, 4) is 5.69 Å². The van der Waals surface area contributed by atoms with Gasteiger partial charge in [0.05, 0.1) is 10.5 Å². The molecule has 2 saturated heterocycles. The number of aryl methyl sites for hydroxylation is 1. The van der Waals surface area contributed by atoms with E-state index in [0.29, 0.717) is 26.2 Å². The lowest BCUT2D eigenvalue weighted by Crippen LogP contribution is -2.51. The van der Waals surface area contributed by atoms with Crippen LogP contribution in [0.2, 0.25) is 0 Å². The van der Waals surface area contributed by atoms with E-state index in [2.05, 4.69) is 4.90 Å². The molecule has 3 heterocycles. The minimum absolute atomic E-state index is 0.197. The molecule has 0 saturated carbocycles. The third kappa shape index (κ3) is 5.33. The van der Waals surface area contributed by atoms with Gasteiger partial charge >= 0.3 is 5.97 Å². The lowest BCUT2D eigenvalue weighted by atomic mass is 10.2. The van der Waals surface area contributed by atoms with Gasteiger partial charge in [-0.05, 0) is 79.7 Å². The Kier molecular flexibility index (Phi) is 7.30. The number of aromatic nitrogens is 1. The number of benzene rings is 2. The van der Waals surface area contributed by atoms with Crippen molar-refractivity contribution in [2.45, 2.75) is 13.8 Å². The summed E-state index contributed by atoms with van der Waals surface area (Å²) in [6.07, 6.45) is 1.68. The van der Waals surface area contributed by atoms with E-state index >= 15 is 0 Å². The van der Waals surface area contributed by atoms with Crippen LogP contribution in [-0.4, -0.2) is 75.2 Å². The Hall–Kier alpha value is -4.31. The minimum Gasteiger partial charge on any atom is -0.478 e. The summed E-state index contributed by atoms with van der Waals surface area (Å²) >= 11 is 0.833. The Morgan fingerprint density at radius 1 is 0.923 bits per heavy atom. The van der Waals surface area contributed by atoms with Crippen LogP contribution in [0.1, 0.15) is 27.3 Å². The lowest BCUT2D eigenvalue weighted by molar-refractivity contribution is -0.136. The van der Waals surface area contributed by atoms with E-state index in [-0.39, 0.29) is 22.9 Å². The summed E-state index contributed by atoms with van der Waals surface area (Å²) in [4.78, 5) is 55.2. The number of hydrogen-bond donors (Lipinski definition) is 1. The average molecular weight is 545 g/mol. The van der Waals surface area contributed by atoms with Crippen LogP contribution in [0.5, 0.6) is 0 Å². The topological polar surface area (TPSA) is 103 Å². The Morgan fingerprint density at radius 2 is 1.59 bits per heavy atom. The monoisotopic (exact) mass is 544 g/mol. The van der Waals surface area contributed by atoms with Gasteiger partial charge in [-0.3, -0.25) is 19.3 Å². The van der Waals surface area contributed by atoms with Crippen molar-refractivity contribution in [2.75, 3.05) is 37.6 Å². The molecule has 5 rings (SSSR count). The van der Waals surface area contributed by atoms with Crippen LogP contribution >= 0.6 is 11.8 Å². The number of rotatable bonds is 6. The Bertz CT molecular complexity index is 1470. The lowest BCUT2D eigenvalue weighted by Gasteiger charge is -2.36. The quantitative estimate of drug-likeness (QED) is 0.465. The maximum Gasteiger partial charge on any atom is 0.335 e. The molecule has 2 aliphatic rings. The molecule has 1 N–H and O–H groups in total. The number of carboxylic acid groups (broad SMARTS) is 1. The van der Waals surface area contributed by atoms with Crippen LogP contribution in [0.4, 0.5) is 10.5 Å². The van der Waals surface area contributed by atoms with E-state index < -0.39 is 17.1 Å². The molecular formula is C29H28N4O5S. The second-order valence-electron chi connectivity index (χ2n) is 9.49. The molecule has 0 radical (unpaired) electrons. The van der Waals surface area contributed by atoms with Gasteiger partial charge in [0.15, 0.2) is 0 Å². The normalized spacial score (nSPS) is 16.9. The van der Waals surface area contributed by atoms with Gasteiger partial charge < -0.3 is 19.5 Å². The minimum atomic E-state index is -0.994. The molecule has 0 atom stereocenters. The van der Waals surface area contributed by atoms with Gasteiger partial charge in [0.1, 0.15) is 6.54 Å². The predicted octanol–water partition coefficient (Wildman–Crippen LogP) is 4.18. The number of hydrogen-bond acceptors (Lipinski definition) is 6. The number of carboxylic acids is 1. The molecule has 10 heteroatoms. The number of anilines is 1. The molecule has 3 amide bonds. The number of thioether (sulfide) groups is 1. The van der Waals surface area contributed by atoms with Crippen molar-refractivity contribution >= 4 is 46.5 Å². The largest absolute Gasteiger partial charge is 0.478 e. The summed E-state index contributed by atoms with van der Waals surface area (Å²) in [5.74, 6) is -1.71. The molecule has 3 aromatic rings. The molecule has 1 aromatic heterocycles. The average Bonchev–Trinajstić information content (AvgIpc) is 3.37. The summed E-state index contributed by atoms with van der Waals surface area (Å²) in [5, 5.41) is 8.71. The molecule has 39 heavy (non-hydrogen) atoms. The highest BCUT2D eigenvalue weighted by Crippen LogP contribution is 2.34. The summed E-state index contributed by atoms with van der Waals surface area (Å²) in [6.45, 7) is 5.96. The highest BCUT2D eigenvalue weighted by molar-refractivity contribution is 8.18. The van der Waals surface area contributed by atoms with E-state index in [1.165, 1.54) is 0 Å². The fourth-order valence-electron chi connectivity index (χ4n) is 4.95. The van der Waals surface area contributed by atoms with E-state index in [1.807, 2.05) is 54.8 Å². The summed E-state index contributed by atoms with van der Waals surface area (Å²) in [5.41, 5.74) is 4.60. The highest BCUT2D eigenvalue weighted by Gasteiger charge is 2.37. The van der Waals surface area contributed by atoms with Crippen LogP contribution in [0, 0.1) is 13.8 Å². The molecule has 2 fully saturated rings. The first-order valence-electron chi connectivity index (χ1n) is 12.6. The standard InChI is InChI=1S/C29H28N4O5S/c1-19-16-22(20(2)33(19)24-10-8-21(9-11-24)28(36)37)17-25-27(35)32(29(38)39-25)18-26(34)31-14-12-30(13-15-31)23-6-4-3-5-7-23/h3-11,16-17H,12-15,18H2,1-2H3,(H,36,37)/b25-17+. The predicted molar refractivity (Wildman–Crippen MR) is 150 cm³/mol. The maximum atomic E-state index is 13.1. The first-order chi connectivity index (χ1) is 18.7. The zero-order valence-electron chi connectivity index (χ0n) is 21.7. The number of nitrogens with zero attached hydrogens (tertiary/aromatic N) is 4. The molecular weight excluding hydrogens is 516 g/mol. The van der Waals surface area contributed by atoms with Crippen LogP contribution in [-0.2, 0) is 9.59 Å². The second-order valence-corrected chi connectivity index (χ2v) is 10.5. The van der Waals surface area contributed by atoms with Gasteiger partial charge in [-0.1, -0.05) is 18.2 Å².